The Morgan fingerprint density at radius 3 is 3.00 bits per heavy atom. The van der Waals surface area contributed by atoms with E-state index in [-0.39, 0.29) is 0 Å². The molecule has 0 aliphatic heterocycles. The average molecular weight is 177 g/mol. The van der Waals surface area contributed by atoms with E-state index < -0.39 is 0 Å². The highest BCUT2D eigenvalue weighted by Crippen LogP contribution is 2.29. The molecule has 2 rings (SSSR count). The van der Waals surface area contributed by atoms with Gasteiger partial charge in [-0.05, 0) is 30.4 Å². The number of aromatic nitrogens is 1. The Morgan fingerprint density at radius 1 is 1.50 bits per heavy atom. The van der Waals surface area contributed by atoms with Crippen LogP contribution in [-0.4, -0.2) is 4.98 Å². The molecule has 0 unspecified atom stereocenters. The van der Waals surface area contributed by atoms with Gasteiger partial charge in [0.05, 0.1) is 4.70 Å². The Bertz CT molecular complexity index is 403. The lowest BCUT2D eigenvalue weighted by Crippen LogP contribution is -1.75. The third kappa shape index (κ3) is 1.03. The van der Waals surface area contributed by atoms with E-state index >= 15 is 0 Å². The minimum atomic E-state index is 1.13. The maximum Gasteiger partial charge on any atom is 0.0531 e. The van der Waals surface area contributed by atoms with Crippen LogP contribution in [0.1, 0.15) is 17.4 Å². The van der Waals surface area contributed by atoms with Gasteiger partial charge in [-0.1, -0.05) is 6.92 Å². The van der Waals surface area contributed by atoms with Gasteiger partial charge in [0.1, 0.15) is 0 Å². The number of nitrogens with zero attached hydrogens (tertiary/aromatic N) is 1. The minimum absolute atomic E-state index is 1.13. The van der Waals surface area contributed by atoms with Crippen LogP contribution in [0.4, 0.5) is 0 Å². The van der Waals surface area contributed by atoms with Crippen LogP contribution in [0.25, 0.3) is 10.1 Å². The van der Waals surface area contributed by atoms with Crippen molar-refractivity contribution in [2.24, 2.45) is 0 Å². The normalized spacial score (nSPS) is 10.8. The minimum Gasteiger partial charge on any atom is -0.263 e. The molecule has 0 spiro atoms. The first-order chi connectivity index (χ1) is 5.83. The molecule has 62 valence electrons. The summed E-state index contributed by atoms with van der Waals surface area (Å²) in [6, 6.07) is 2.10. The van der Waals surface area contributed by atoms with E-state index in [1.807, 2.05) is 23.7 Å². The van der Waals surface area contributed by atoms with Gasteiger partial charge in [0.2, 0.25) is 0 Å². The highest BCUT2D eigenvalue weighted by molar-refractivity contribution is 7.19. The molecule has 2 aromatic heterocycles. The predicted molar refractivity (Wildman–Crippen MR) is 53.7 cm³/mol. The Morgan fingerprint density at radius 2 is 2.33 bits per heavy atom. The first kappa shape index (κ1) is 7.74. The van der Waals surface area contributed by atoms with Gasteiger partial charge >= 0.3 is 0 Å². The monoisotopic (exact) mass is 177 g/mol. The maximum atomic E-state index is 4.11. The van der Waals surface area contributed by atoms with Crippen LogP contribution in [0.2, 0.25) is 0 Å². The van der Waals surface area contributed by atoms with E-state index in [2.05, 4.69) is 24.9 Å². The summed E-state index contributed by atoms with van der Waals surface area (Å²) < 4.78 is 1.31. The molecule has 2 heterocycles. The van der Waals surface area contributed by atoms with Gasteiger partial charge < -0.3 is 0 Å². The average Bonchev–Trinajstić information content (AvgIpc) is 2.44. The van der Waals surface area contributed by atoms with E-state index in [9.17, 15) is 0 Å². The summed E-state index contributed by atoms with van der Waals surface area (Å²) in [6.07, 6.45) is 4.94. The van der Waals surface area contributed by atoms with Gasteiger partial charge in [-0.3, -0.25) is 4.98 Å². The van der Waals surface area contributed by atoms with Gasteiger partial charge in [0, 0.05) is 17.3 Å². The number of hydrogen-bond donors (Lipinski definition) is 0. The van der Waals surface area contributed by atoms with Crippen molar-refractivity contribution < 1.29 is 0 Å². The van der Waals surface area contributed by atoms with Crippen LogP contribution >= 0.6 is 11.3 Å². The van der Waals surface area contributed by atoms with Crippen molar-refractivity contribution in [1.82, 2.24) is 4.98 Å². The molecule has 0 saturated carbocycles. The molecule has 0 atom stereocenters. The van der Waals surface area contributed by atoms with Gasteiger partial charge in [-0.2, -0.15) is 0 Å². The van der Waals surface area contributed by atoms with E-state index in [1.165, 1.54) is 20.5 Å². The third-order valence-electron chi connectivity index (χ3n) is 2.16. The molecule has 1 nitrogen and oxygen atoms in total. The molecule has 2 aromatic rings. The zero-order chi connectivity index (χ0) is 8.55. The van der Waals surface area contributed by atoms with Gasteiger partial charge in [-0.15, -0.1) is 11.3 Å². The first-order valence-corrected chi connectivity index (χ1v) is 4.96. The SMILES string of the molecule is CCc1sc2cnccc2c1C. The summed E-state index contributed by atoms with van der Waals surface area (Å²) in [4.78, 5) is 5.60. The largest absolute Gasteiger partial charge is 0.263 e. The van der Waals surface area contributed by atoms with E-state index in [0.717, 1.165) is 6.42 Å². The van der Waals surface area contributed by atoms with Crippen molar-refractivity contribution in [3.8, 4) is 0 Å². The van der Waals surface area contributed by atoms with Crippen molar-refractivity contribution in [1.29, 1.82) is 0 Å². The van der Waals surface area contributed by atoms with Gasteiger partial charge in [-0.25, -0.2) is 0 Å². The number of aryl methyl sites for hydroxylation is 2. The molecule has 0 aliphatic rings. The number of fused-ring (bicyclic) bond motifs is 1. The van der Waals surface area contributed by atoms with Crippen molar-refractivity contribution in [3.05, 3.63) is 28.9 Å². The highest BCUT2D eigenvalue weighted by atomic mass is 32.1. The molecular weight excluding hydrogens is 166 g/mol. The summed E-state index contributed by atoms with van der Waals surface area (Å²) >= 11 is 1.86. The molecule has 0 fully saturated rings. The van der Waals surface area contributed by atoms with Crippen molar-refractivity contribution in [3.63, 3.8) is 0 Å². The van der Waals surface area contributed by atoms with E-state index in [0.29, 0.717) is 0 Å². The molecule has 12 heavy (non-hydrogen) atoms. The zero-order valence-corrected chi connectivity index (χ0v) is 8.11. The second-order valence-corrected chi connectivity index (χ2v) is 4.01. The standard InChI is InChI=1S/C10H11NS/c1-3-9-7(2)8-4-5-11-6-10(8)12-9/h4-6H,3H2,1-2H3. The van der Waals surface area contributed by atoms with Crippen LogP contribution in [0.15, 0.2) is 18.5 Å². The van der Waals surface area contributed by atoms with Crippen LogP contribution in [0, 0.1) is 6.92 Å². The van der Waals surface area contributed by atoms with E-state index in [4.69, 9.17) is 0 Å². The fraction of sp³-hybridized carbons (Fsp3) is 0.300. The third-order valence-corrected chi connectivity index (χ3v) is 3.55. The quantitative estimate of drug-likeness (QED) is 0.652. The van der Waals surface area contributed by atoms with E-state index in [1.54, 1.807) is 0 Å². The number of pyridine rings is 1. The predicted octanol–water partition coefficient (Wildman–Crippen LogP) is 3.17. The summed E-state index contributed by atoms with van der Waals surface area (Å²) in [5.41, 5.74) is 1.43. The summed E-state index contributed by atoms with van der Waals surface area (Å²) in [7, 11) is 0. The topological polar surface area (TPSA) is 12.9 Å². The number of thiophene rings is 1. The summed E-state index contributed by atoms with van der Waals surface area (Å²) in [5, 5.41) is 1.37. The zero-order valence-electron chi connectivity index (χ0n) is 7.29. The van der Waals surface area contributed by atoms with Crippen molar-refractivity contribution in [2.45, 2.75) is 20.3 Å². The van der Waals surface area contributed by atoms with Gasteiger partial charge in [0.15, 0.2) is 0 Å². The van der Waals surface area contributed by atoms with Crippen molar-refractivity contribution in [2.75, 3.05) is 0 Å². The van der Waals surface area contributed by atoms with Crippen LogP contribution < -0.4 is 0 Å². The first-order valence-electron chi connectivity index (χ1n) is 4.15. The van der Waals surface area contributed by atoms with Crippen molar-refractivity contribution >= 4 is 21.4 Å². The van der Waals surface area contributed by atoms with Crippen LogP contribution in [0.3, 0.4) is 0 Å². The molecule has 0 bridgehead atoms. The summed E-state index contributed by atoms with van der Waals surface area (Å²) in [6.45, 7) is 4.39. The molecule has 0 N–H and O–H groups in total. The Labute approximate surface area is 76.1 Å². The highest BCUT2D eigenvalue weighted by Gasteiger charge is 2.04. The fourth-order valence-electron chi connectivity index (χ4n) is 1.47. The lowest BCUT2D eigenvalue weighted by Gasteiger charge is -1.91. The number of hydrogen-bond acceptors (Lipinski definition) is 2. The molecule has 0 aliphatic carbocycles. The summed E-state index contributed by atoms with van der Waals surface area (Å²) in [5.74, 6) is 0. The lowest BCUT2D eigenvalue weighted by atomic mass is 10.2. The fourth-order valence-corrected chi connectivity index (χ4v) is 2.59. The number of rotatable bonds is 1. The van der Waals surface area contributed by atoms with Crippen LogP contribution in [0.5, 0.6) is 0 Å². The van der Waals surface area contributed by atoms with Crippen LogP contribution in [-0.2, 0) is 6.42 Å². The second kappa shape index (κ2) is 2.87. The smallest absolute Gasteiger partial charge is 0.0531 e. The Kier molecular flexibility index (Phi) is 1.85. The molecule has 2 heteroatoms. The lowest BCUT2D eigenvalue weighted by molar-refractivity contribution is 1.16. The Hall–Kier alpha value is -0.890. The molecule has 0 amide bonds. The molecule has 0 saturated heterocycles. The maximum absolute atomic E-state index is 4.11. The molecule has 0 radical (unpaired) electrons. The molecular formula is C10H11NS. The molecule has 0 aromatic carbocycles. The Balaban J connectivity index is 2.78. The van der Waals surface area contributed by atoms with Gasteiger partial charge in [0.25, 0.3) is 0 Å². The second-order valence-electron chi connectivity index (χ2n) is 2.88.